The molecule has 12 aromatic carbocycles. The quantitative estimate of drug-likeness (QED) is 0.151. The number of hydrogen-bond donors (Lipinski definition) is 0. The summed E-state index contributed by atoms with van der Waals surface area (Å²) in [7, 11) is 0. The van der Waals surface area contributed by atoms with E-state index in [-0.39, 0.29) is 0 Å². The van der Waals surface area contributed by atoms with E-state index in [1.165, 1.54) is 132 Å². The van der Waals surface area contributed by atoms with E-state index < -0.39 is 0 Å². The van der Waals surface area contributed by atoms with Gasteiger partial charge in [-0.05, 0) is 138 Å². The van der Waals surface area contributed by atoms with Crippen LogP contribution >= 0.6 is 0 Å². The monoisotopic (exact) mass is 888 g/mol. The third-order valence-electron chi connectivity index (χ3n) is 14.6. The molecule has 0 unspecified atom stereocenters. The first-order valence-electron chi connectivity index (χ1n) is 24.2. The zero-order valence-corrected chi connectivity index (χ0v) is 38.3. The molecule has 0 aliphatic heterocycles. The molecule has 2 heterocycles. The molecule has 2 heteroatoms. The number of hydrogen-bond acceptors (Lipinski definition) is 0. The van der Waals surface area contributed by atoms with Crippen molar-refractivity contribution in [2.45, 2.75) is 0 Å². The minimum absolute atomic E-state index is 1.17. The molecule has 0 saturated heterocycles. The number of nitrogens with zero attached hydrogens (tertiary/aromatic N) is 2. The molecule has 70 heavy (non-hydrogen) atoms. The lowest BCUT2D eigenvalue weighted by Gasteiger charge is -2.16. The standard InChI is InChI=1S/C68H44N2/c1-3-15-51(16-4-1)69-65-25-13-11-23-61(65)63-43-49(35-41-67(63)69)45-27-31-47(32-28-45)53-37-39-59(57-21-9-7-19-55(53)57)60-40-38-54(56-20-8-10-22-58(56)60)48-33-29-46(30-34-48)50-36-42-68-64(44-50)62-24-12-14-26-66(62)70(68)52-17-5-2-6-18-52/h1-44H. The number of fused-ring (bicyclic) bond motifs is 8. The van der Waals surface area contributed by atoms with Crippen LogP contribution in [0.15, 0.2) is 267 Å². The number of benzene rings is 12. The molecule has 0 radical (unpaired) electrons. The van der Waals surface area contributed by atoms with E-state index in [4.69, 9.17) is 0 Å². The Labute approximate surface area is 406 Å². The third kappa shape index (κ3) is 6.42. The summed E-state index contributed by atoms with van der Waals surface area (Å²) in [5, 5.41) is 10.0. The van der Waals surface area contributed by atoms with Crippen molar-refractivity contribution < 1.29 is 0 Å². The van der Waals surface area contributed by atoms with Crippen molar-refractivity contribution in [3.63, 3.8) is 0 Å². The summed E-state index contributed by atoms with van der Waals surface area (Å²) < 4.78 is 4.74. The highest BCUT2D eigenvalue weighted by atomic mass is 15.0. The van der Waals surface area contributed by atoms with Crippen LogP contribution in [0.2, 0.25) is 0 Å². The molecular formula is C68H44N2. The van der Waals surface area contributed by atoms with Gasteiger partial charge in [0, 0.05) is 32.9 Å². The highest BCUT2D eigenvalue weighted by Gasteiger charge is 2.17. The summed E-state index contributed by atoms with van der Waals surface area (Å²) >= 11 is 0. The number of aromatic nitrogens is 2. The predicted octanol–water partition coefficient (Wildman–Crippen LogP) is 18.5. The molecule has 0 saturated carbocycles. The van der Waals surface area contributed by atoms with Gasteiger partial charge >= 0.3 is 0 Å². The molecule has 14 aromatic rings. The molecule has 0 fully saturated rings. The Morgan fingerprint density at radius 2 is 0.457 bits per heavy atom. The summed E-state index contributed by atoms with van der Waals surface area (Å²) in [4.78, 5) is 0. The Hall–Kier alpha value is -9.24. The maximum absolute atomic E-state index is 2.37. The van der Waals surface area contributed by atoms with Crippen LogP contribution in [-0.2, 0) is 0 Å². The molecule has 14 rings (SSSR count). The van der Waals surface area contributed by atoms with Gasteiger partial charge in [0.05, 0.1) is 22.1 Å². The molecule has 0 aliphatic carbocycles. The molecule has 2 aromatic heterocycles. The van der Waals surface area contributed by atoms with Crippen LogP contribution < -0.4 is 0 Å². The van der Waals surface area contributed by atoms with Gasteiger partial charge in [0.1, 0.15) is 0 Å². The van der Waals surface area contributed by atoms with E-state index in [0.717, 1.165) is 0 Å². The topological polar surface area (TPSA) is 9.86 Å². The highest BCUT2D eigenvalue weighted by Crippen LogP contribution is 2.43. The molecule has 326 valence electrons. The molecule has 0 bridgehead atoms. The van der Waals surface area contributed by atoms with Crippen LogP contribution in [0, 0.1) is 0 Å². The largest absolute Gasteiger partial charge is 0.309 e. The first-order chi connectivity index (χ1) is 34.7. The van der Waals surface area contributed by atoms with Crippen molar-refractivity contribution in [2.75, 3.05) is 0 Å². The van der Waals surface area contributed by atoms with E-state index in [1.54, 1.807) is 0 Å². The maximum Gasteiger partial charge on any atom is 0.0541 e. The van der Waals surface area contributed by atoms with Gasteiger partial charge in [0.25, 0.3) is 0 Å². The number of para-hydroxylation sites is 4. The first-order valence-corrected chi connectivity index (χ1v) is 24.2. The average molecular weight is 889 g/mol. The normalized spacial score (nSPS) is 11.7. The second-order valence-electron chi connectivity index (χ2n) is 18.4. The minimum atomic E-state index is 1.17. The smallest absolute Gasteiger partial charge is 0.0541 e. The fraction of sp³-hybridized carbons (Fsp3) is 0. The van der Waals surface area contributed by atoms with Crippen LogP contribution in [0.1, 0.15) is 0 Å². The van der Waals surface area contributed by atoms with Crippen molar-refractivity contribution >= 4 is 65.2 Å². The van der Waals surface area contributed by atoms with Gasteiger partial charge in [-0.15, -0.1) is 0 Å². The Kier molecular flexibility index (Phi) is 9.25. The highest BCUT2D eigenvalue weighted by molar-refractivity contribution is 6.14. The van der Waals surface area contributed by atoms with E-state index >= 15 is 0 Å². The lowest BCUT2D eigenvalue weighted by Crippen LogP contribution is -1.92. The molecule has 0 aliphatic rings. The third-order valence-corrected chi connectivity index (χ3v) is 14.6. The Morgan fingerprint density at radius 3 is 0.857 bits per heavy atom. The van der Waals surface area contributed by atoms with Gasteiger partial charge in [-0.2, -0.15) is 0 Å². The van der Waals surface area contributed by atoms with Crippen molar-refractivity contribution in [3.8, 4) is 67.0 Å². The van der Waals surface area contributed by atoms with Gasteiger partial charge in [0.15, 0.2) is 0 Å². The zero-order chi connectivity index (χ0) is 46.1. The molecule has 0 spiro atoms. The lowest BCUT2D eigenvalue weighted by molar-refractivity contribution is 1.18. The molecule has 0 N–H and O–H groups in total. The summed E-state index contributed by atoms with van der Waals surface area (Å²) in [6.07, 6.45) is 0. The SMILES string of the molecule is c1ccc(-n2c3ccccc3c3cc(-c4ccc(-c5ccc(-c6ccc(-c7ccc(-c8ccc9c(c8)c8ccccc8n9-c8ccccc8)cc7)c7ccccc67)c6ccccc56)cc4)ccc32)cc1. The summed E-state index contributed by atoms with van der Waals surface area (Å²) in [6, 6.07) is 97.9. The van der Waals surface area contributed by atoms with Gasteiger partial charge in [-0.3, -0.25) is 0 Å². The second kappa shape index (κ2) is 16.2. The fourth-order valence-corrected chi connectivity index (χ4v) is 11.3. The molecule has 0 atom stereocenters. The van der Waals surface area contributed by atoms with Gasteiger partial charge in [-0.25, -0.2) is 0 Å². The minimum Gasteiger partial charge on any atom is -0.309 e. The van der Waals surface area contributed by atoms with Gasteiger partial charge in [0.2, 0.25) is 0 Å². The Morgan fingerprint density at radius 1 is 0.171 bits per heavy atom. The van der Waals surface area contributed by atoms with E-state index in [9.17, 15) is 0 Å². The fourth-order valence-electron chi connectivity index (χ4n) is 11.3. The van der Waals surface area contributed by atoms with Crippen LogP contribution in [0.25, 0.3) is 132 Å². The van der Waals surface area contributed by atoms with Gasteiger partial charge < -0.3 is 9.13 Å². The Balaban J connectivity index is 0.788. The maximum atomic E-state index is 2.37. The van der Waals surface area contributed by atoms with Crippen molar-refractivity contribution in [2.24, 2.45) is 0 Å². The van der Waals surface area contributed by atoms with Crippen LogP contribution in [0.4, 0.5) is 0 Å². The summed E-state index contributed by atoms with van der Waals surface area (Å²) in [6.45, 7) is 0. The van der Waals surface area contributed by atoms with Crippen molar-refractivity contribution in [1.29, 1.82) is 0 Å². The summed E-state index contributed by atoms with van der Waals surface area (Å²) in [5.74, 6) is 0. The van der Waals surface area contributed by atoms with Crippen molar-refractivity contribution in [1.82, 2.24) is 9.13 Å². The van der Waals surface area contributed by atoms with Crippen molar-refractivity contribution in [3.05, 3.63) is 267 Å². The van der Waals surface area contributed by atoms with E-state index in [1.807, 2.05) is 0 Å². The summed E-state index contributed by atoms with van der Waals surface area (Å²) in [5.41, 5.74) is 19.4. The predicted molar refractivity (Wildman–Crippen MR) is 297 cm³/mol. The van der Waals surface area contributed by atoms with E-state index in [0.29, 0.717) is 0 Å². The molecular weight excluding hydrogens is 845 g/mol. The van der Waals surface area contributed by atoms with Crippen LogP contribution in [0.3, 0.4) is 0 Å². The molecule has 0 amide bonds. The molecule has 2 nitrogen and oxygen atoms in total. The average Bonchev–Trinajstić information content (AvgIpc) is 3.95. The zero-order valence-electron chi connectivity index (χ0n) is 38.3. The lowest BCUT2D eigenvalue weighted by atomic mass is 9.87. The van der Waals surface area contributed by atoms with Gasteiger partial charge in [-0.1, -0.05) is 206 Å². The second-order valence-corrected chi connectivity index (χ2v) is 18.4. The first kappa shape index (κ1) is 39.9. The van der Waals surface area contributed by atoms with Crippen LogP contribution in [-0.4, -0.2) is 9.13 Å². The number of rotatable bonds is 7. The van der Waals surface area contributed by atoms with E-state index in [2.05, 4.69) is 276 Å². The van der Waals surface area contributed by atoms with Crippen LogP contribution in [0.5, 0.6) is 0 Å². The Bertz CT molecular complexity index is 4030.